The molecule has 7 heteroatoms. The number of anilines is 1. The van der Waals surface area contributed by atoms with Crippen LogP contribution in [-0.2, 0) is 4.79 Å². The molecular formula is C26H30N4O3. The van der Waals surface area contributed by atoms with Crippen molar-refractivity contribution >= 4 is 11.7 Å². The van der Waals surface area contributed by atoms with Gasteiger partial charge in [0, 0.05) is 31.7 Å². The smallest absolute Gasteiger partial charge is 0.260 e. The van der Waals surface area contributed by atoms with Crippen LogP contribution in [-0.4, -0.2) is 60.4 Å². The van der Waals surface area contributed by atoms with E-state index >= 15 is 0 Å². The van der Waals surface area contributed by atoms with E-state index in [0.29, 0.717) is 38.5 Å². The van der Waals surface area contributed by atoms with Crippen LogP contribution in [0.3, 0.4) is 0 Å². The molecule has 0 atom stereocenters. The number of aryl methyl sites for hydroxylation is 1. The summed E-state index contributed by atoms with van der Waals surface area (Å²) >= 11 is 0. The quantitative estimate of drug-likeness (QED) is 0.522. The van der Waals surface area contributed by atoms with Crippen molar-refractivity contribution in [2.45, 2.75) is 20.3 Å². The number of benzene rings is 2. The first-order chi connectivity index (χ1) is 16.1. The Morgan fingerprint density at radius 1 is 0.879 bits per heavy atom. The van der Waals surface area contributed by atoms with Crippen LogP contribution in [0, 0.1) is 6.92 Å². The fraction of sp³-hybridized carbons (Fsp3) is 0.346. The zero-order chi connectivity index (χ0) is 23.0. The highest BCUT2D eigenvalue weighted by atomic mass is 16.5. The standard InChI is InChI=1S/C26H30N4O3/c1-3-18-32-21-8-10-22(11-9-21)33-19-26(31)30-16-14-29(15-17-30)25-13-12-24(27-28-25)23-7-5-4-6-20(23)2/h4-13H,3,14-19H2,1-2H3. The molecule has 2 aromatic carbocycles. The molecule has 0 radical (unpaired) electrons. The van der Waals surface area contributed by atoms with Gasteiger partial charge in [-0.2, -0.15) is 0 Å². The number of amides is 1. The molecule has 172 valence electrons. The average Bonchev–Trinajstić information content (AvgIpc) is 2.87. The summed E-state index contributed by atoms with van der Waals surface area (Å²) in [6, 6.07) is 19.5. The molecule has 0 unspecified atom stereocenters. The molecular weight excluding hydrogens is 416 g/mol. The molecule has 1 aromatic heterocycles. The fourth-order valence-corrected chi connectivity index (χ4v) is 3.77. The topological polar surface area (TPSA) is 67.8 Å². The number of hydrogen-bond donors (Lipinski definition) is 0. The van der Waals surface area contributed by atoms with E-state index in [2.05, 4.69) is 41.1 Å². The van der Waals surface area contributed by atoms with Crippen LogP contribution in [0.1, 0.15) is 18.9 Å². The SMILES string of the molecule is CCCOc1ccc(OCC(=O)N2CCN(c3ccc(-c4ccccc4C)nn3)CC2)cc1. The van der Waals surface area contributed by atoms with Gasteiger partial charge in [0.25, 0.3) is 5.91 Å². The highest BCUT2D eigenvalue weighted by molar-refractivity contribution is 5.78. The van der Waals surface area contributed by atoms with Gasteiger partial charge in [-0.25, -0.2) is 0 Å². The van der Waals surface area contributed by atoms with E-state index in [1.165, 1.54) is 5.56 Å². The molecule has 0 aliphatic carbocycles. The normalized spacial score (nSPS) is 13.6. The molecule has 1 aliphatic heterocycles. The van der Waals surface area contributed by atoms with E-state index in [9.17, 15) is 4.79 Å². The Balaban J connectivity index is 1.25. The van der Waals surface area contributed by atoms with Crippen molar-refractivity contribution < 1.29 is 14.3 Å². The van der Waals surface area contributed by atoms with E-state index < -0.39 is 0 Å². The van der Waals surface area contributed by atoms with Crippen LogP contribution < -0.4 is 14.4 Å². The summed E-state index contributed by atoms with van der Waals surface area (Å²) in [5.74, 6) is 2.29. The van der Waals surface area contributed by atoms with Crippen molar-refractivity contribution in [3.63, 3.8) is 0 Å². The van der Waals surface area contributed by atoms with Crippen LogP contribution in [0.2, 0.25) is 0 Å². The third kappa shape index (κ3) is 5.80. The monoisotopic (exact) mass is 446 g/mol. The Morgan fingerprint density at radius 3 is 2.21 bits per heavy atom. The molecule has 3 aromatic rings. The summed E-state index contributed by atoms with van der Waals surface area (Å²) in [5, 5.41) is 8.85. The van der Waals surface area contributed by atoms with Gasteiger partial charge in [-0.1, -0.05) is 31.2 Å². The van der Waals surface area contributed by atoms with E-state index in [1.54, 1.807) is 0 Å². The van der Waals surface area contributed by atoms with Crippen molar-refractivity contribution in [3.05, 3.63) is 66.2 Å². The molecule has 4 rings (SSSR count). The molecule has 1 fully saturated rings. The summed E-state index contributed by atoms with van der Waals surface area (Å²) in [4.78, 5) is 16.6. The van der Waals surface area contributed by atoms with Crippen molar-refractivity contribution in [1.82, 2.24) is 15.1 Å². The second-order valence-electron chi connectivity index (χ2n) is 8.07. The van der Waals surface area contributed by atoms with Crippen LogP contribution in [0.4, 0.5) is 5.82 Å². The zero-order valence-corrected chi connectivity index (χ0v) is 19.2. The summed E-state index contributed by atoms with van der Waals surface area (Å²) in [5.41, 5.74) is 3.14. The van der Waals surface area contributed by atoms with Gasteiger partial charge >= 0.3 is 0 Å². The Morgan fingerprint density at radius 2 is 1.58 bits per heavy atom. The second-order valence-corrected chi connectivity index (χ2v) is 8.07. The third-order valence-corrected chi connectivity index (χ3v) is 5.69. The minimum atomic E-state index is -0.0121. The number of rotatable bonds is 8. The van der Waals surface area contributed by atoms with Gasteiger partial charge in [0.05, 0.1) is 12.3 Å². The maximum absolute atomic E-state index is 12.6. The van der Waals surface area contributed by atoms with Gasteiger partial charge < -0.3 is 19.3 Å². The Bertz CT molecular complexity index is 1050. The summed E-state index contributed by atoms with van der Waals surface area (Å²) in [6.45, 7) is 7.55. The Kier molecular flexibility index (Phi) is 7.40. The molecule has 1 amide bonds. The molecule has 0 N–H and O–H groups in total. The van der Waals surface area contributed by atoms with E-state index in [4.69, 9.17) is 9.47 Å². The van der Waals surface area contributed by atoms with Crippen molar-refractivity contribution in [2.75, 3.05) is 44.3 Å². The van der Waals surface area contributed by atoms with E-state index in [-0.39, 0.29) is 12.5 Å². The van der Waals surface area contributed by atoms with Crippen LogP contribution >= 0.6 is 0 Å². The van der Waals surface area contributed by atoms with Gasteiger partial charge in [0.15, 0.2) is 12.4 Å². The number of carbonyl (C=O) groups excluding carboxylic acids is 1. The van der Waals surface area contributed by atoms with Gasteiger partial charge in [0.2, 0.25) is 0 Å². The van der Waals surface area contributed by atoms with Crippen molar-refractivity contribution in [3.8, 4) is 22.8 Å². The first-order valence-corrected chi connectivity index (χ1v) is 11.4. The van der Waals surface area contributed by atoms with Crippen LogP contribution in [0.25, 0.3) is 11.3 Å². The molecule has 0 bridgehead atoms. The number of ether oxygens (including phenoxy) is 2. The van der Waals surface area contributed by atoms with Crippen molar-refractivity contribution in [1.29, 1.82) is 0 Å². The zero-order valence-electron chi connectivity index (χ0n) is 19.2. The van der Waals surface area contributed by atoms with Crippen LogP contribution in [0.15, 0.2) is 60.7 Å². The number of nitrogens with zero attached hydrogens (tertiary/aromatic N) is 4. The highest BCUT2D eigenvalue weighted by Gasteiger charge is 2.22. The predicted octanol–water partition coefficient (Wildman–Crippen LogP) is 3.97. The predicted molar refractivity (Wildman–Crippen MR) is 129 cm³/mol. The molecule has 7 nitrogen and oxygen atoms in total. The summed E-state index contributed by atoms with van der Waals surface area (Å²) < 4.78 is 11.2. The maximum Gasteiger partial charge on any atom is 0.260 e. The van der Waals surface area contributed by atoms with E-state index in [0.717, 1.165) is 29.2 Å². The summed E-state index contributed by atoms with van der Waals surface area (Å²) in [6.07, 6.45) is 0.964. The Labute approximate surface area is 195 Å². The van der Waals surface area contributed by atoms with Crippen LogP contribution in [0.5, 0.6) is 11.5 Å². The first kappa shape index (κ1) is 22.6. The van der Waals surface area contributed by atoms with Gasteiger partial charge in [-0.05, 0) is 55.3 Å². The lowest BCUT2D eigenvalue weighted by Crippen LogP contribution is -2.50. The largest absolute Gasteiger partial charge is 0.494 e. The minimum Gasteiger partial charge on any atom is -0.494 e. The first-order valence-electron chi connectivity index (χ1n) is 11.4. The lowest BCUT2D eigenvalue weighted by atomic mass is 10.1. The number of piperazine rings is 1. The van der Waals surface area contributed by atoms with Gasteiger partial charge in [0.1, 0.15) is 11.5 Å². The fourth-order valence-electron chi connectivity index (χ4n) is 3.77. The number of aromatic nitrogens is 2. The lowest BCUT2D eigenvalue weighted by Gasteiger charge is -2.35. The molecule has 2 heterocycles. The number of hydrogen-bond acceptors (Lipinski definition) is 6. The Hall–Kier alpha value is -3.61. The van der Waals surface area contributed by atoms with E-state index in [1.807, 2.05) is 53.4 Å². The van der Waals surface area contributed by atoms with Gasteiger partial charge in [-0.15, -0.1) is 10.2 Å². The molecule has 1 saturated heterocycles. The minimum absolute atomic E-state index is 0.0121. The molecule has 0 spiro atoms. The maximum atomic E-state index is 12.6. The highest BCUT2D eigenvalue weighted by Crippen LogP contribution is 2.22. The van der Waals surface area contributed by atoms with Crippen molar-refractivity contribution in [2.24, 2.45) is 0 Å². The number of carbonyl (C=O) groups is 1. The molecule has 1 aliphatic rings. The molecule has 0 saturated carbocycles. The van der Waals surface area contributed by atoms with Gasteiger partial charge in [-0.3, -0.25) is 4.79 Å². The second kappa shape index (κ2) is 10.8. The molecule has 33 heavy (non-hydrogen) atoms. The lowest BCUT2D eigenvalue weighted by molar-refractivity contribution is -0.133. The average molecular weight is 447 g/mol. The summed E-state index contributed by atoms with van der Waals surface area (Å²) in [7, 11) is 0. The third-order valence-electron chi connectivity index (χ3n) is 5.69.